The largest absolute Gasteiger partial charge is 0.334 e. The second-order valence-corrected chi connectivity index (χ2v) is 8.71. The van der Waals surface area contributed by atoms with Crippen LogP contribution >= 0.6 is 0 Å². The van der Waals surface area contributed by atoms with Gasteiger partial charge in [-0.2, -0.15) is 0 Å². The molecule has 1 saturated heterocycles. The number of amides is 1. The molecule has 4 heteroatoms. The first kappa shape index (κ1) is 19.2. The second kappa shape index (κ2) is 9.91. The molecule has 1 aliphatic heterocycles. The van der Waals surface area contributed by atoms with E-state index in [4.69, 9.17) is 0 Å². The predicted octanol–water partition coefficient (Wildman–Crippen LogP) is 1.11. The summed E-state index contributed by atoms with van der Waals surface area (Å²) in [6.07, 6.45) is 15.7. The molecule has 4 nitrogen and oxygen atoms in total. The molecule has 0 aromatic rings. The van der Waals surface area contributed by atoms with Crippen molar-refractivity contribution in [1.29, 1.82) is 0 Å². The molecular formula is C21H41N3O+2. The third-order valence-electron chi connectivity index (χ3n) is 7.08. The van der Waals surface area contributed by atoms with E-state index in [1.54, 1.807) is 4.90 Å². The van der Waals surface area contributed by atoms with Gasteiger partial charge in [0, 0.05) is 24.9 Å². The monoisotopic (exact) mass is 351 g/mol. The average molecular weight is 352 g/mol. The number of nitrogens with one attached hydrogen (secondary N) is 1. The number of hydrogen-bond acceptors (Lipinski definition) is 1. The zero-order valence-electron chi connectivity index (χ0n) is 16.5. The van der Waals surface area contributed by atoms with Crippen LogP contribution in [0.5, 0.6) is 0 Å². The first-order valence-corrected chi connectivity index (χ1v) is 11.3. The third kappa shape index (κ3) is 5.19. The zero-order chi connectivity index (χ0) is 17.5. The highest BCUT2D eigenvalue weighted by molar-refractivity contribution is 5.77. The van der Waals surface area contributed by atoms with E-state index in [2.05, 4.69) is 17.1 Å². The molecular weight excluding hydrogens is 310 g/mol. The van der Waals surface area contributed by atoms with Crippen molar-refractivity contribution in [2.45, 2.75) is 102 Å². The number of nitrogens with zero attached hydrogens (tertiary/aromatic N) is 1. The minimum absolute atomic E-state index is 0.440. The number of rotatable bonds is 7. The minimum Gasteiger partial charge on any atom is -0.334 e. The molecule has 0 radical (unpaired) electrons. The zero-order valence-corrected chi connectivity index (χ0v) is 16.5. The molecule has 2 atom stereocenters. The maximum Gasteiger partial charge on any atom is 0.278 e. The van der Waals surface area contributed by atoms with E-state index in [9.17, 15) is 4.79 Å². The summed E-state index contributed by atoms with van der Waals surface area (Å²) >= 11 is 0. The Labute approximate surface area is 154 Å². The minimum atomic E-state index is 0.440. The topological polar surface area (TPSA) is 41.4 Å². The number of nitrogens with two attached hydrogens (primary N) is 1. The molecule has 3 fully saturated rings. The van der Waals surface area contributed by atoms with E-state index in [0.29, 0.717) is 24.5 Å². The van der Waals surface area contributed by atoms with Crippen molar-refractivity contribution in [3.05, 3.63) is 0 Å². The third-order valence-corrected chi connectivity index (χ3v) is 7.08. The van der Waals surface area contributed by atoms with Crippen molar-refractivity contribution in [1.82, 2.24) is 4.90 Å². The predicted molar refractivity (Wildman–Crippen MR) is 102 cm³/mol. The summed E-state index contributed by atoms with van der Waals surface area (Å²) < 4.78 is 0. The van der Waals surface area contributed by atoms with Crippen LogP contribution in [0, 0.1) is 0 Å². The number of carbonyl (C=O) groups is 1. The van der Waals surface area contributed by atoms with Crippen molar-refractivity contribution in [3.8, 4) is 0 Å². The van der Waals surface area contributed by atoms with Crippen molar-refractivity contribution < 1.29 is 15.0 Å². The molecule has 144 valence electrons. The van der Waals surface area contributed by atoms with Gasteiger partial charge >= 0.3 is 0 Å². The molecule has 3 N–H and O–H groups in total. The first-order chi connectivity index (χ1) is 12.3. The van der Waals surface area contributed by atoms with Crippen LogP contribution in [0.2, 0.25) is 0 Å². The van der Waals surface area contributed by atoms with Crippen molar-refractivity contribution in [3.63, 3.8) is 0 Å². The fourth-order valence-corrected chi connectivity index (χ4v) is 5.67. The number of carbonyl (C=O) groups excluding carboxylic acids is 1. The molecule has 2 saturated carbocycles. The fourth-order valence-electron chi connectivity index (χ4n) is 5.67. The van der Waals surface area contributed by atoms with Gasteiger partial charge in [-0.05, 0) is 32.6 Å². The number of quaternary nitrogens is 2. The van der Waals surface area contributed by atoms with E-state index in [0.717, 1.165) is 12.6 Å². The van der Waals surface area contributed by atoms with Gasteiger partial charge < -0.3 is 15.1 Å². The van der Waals surface area contributed by atoms with Gasteiger partial charge in [-0.1, -0.05) is 38.5 Å². The van der Waals surface area contributed by atoms with Gasteiger partial charge in [-0.15, -0.1) is 0 Å². The van der Waals surface area contributed by atoms with E-state index in [1.165, 1.54) is 90.1 Å². The smallest absolute Gasteiger partial charge is 0.278 e. The fraction of sp³-hybridized carbons (Fsp3) is 0.952. The summed E-state index contributed by atoms with van der Waals surface area (Å²) in [6.45, 7) is 6.69. The Morgan fingerprint density at radius 3 is 2.08 bits per heavy atom. The summed E-state index contributed by atoms with van der Waals surface area (Å²) in [5.41, 5.74) is 0. The summed E-state index contributed by atoms with van der Waals surface area (Å²) in [5.74, 6) is 0.440. The lowest BCUT2D eigenvalue weighted by atomic mass is 9.88. The van der Waals surface area contributed by atoms with Crippen LogP contribution < -0.4 is 10.2 Å². The Bertz CT molecular complexity index is 384. The second-order valence-electron chi connectivity index (χ2n) is 8.71. The highest BCUT2D eigenvalue weighted by Gasteiger charge is 2.34. The van der Waals surface area contributed by atoms with Crippen LogP contribution in [0.3, 0.4) is 0 Å². The van der Waals surface area contributed by atoms with E-state index < -0.39 is 0 Å². The molecule has 0 aromatic heterocycles. The highest BCUT2D eigenvalue weighted by Crippen LogP contribution is 2.30. The molecule has 2 aliphatic carbocycles. The van der Waals surface area contributed by atoms with Crippen LogP contribution in [-0.4, -0.2) is 55.1 Å². The molecule has 1 amide bonds. The summed E-state index contributed by atoms with van der Waals surface area (Å²) in [4.78, 5) is 17.3. The Morgan fingerprint density at radius 2 is 1.52 bits per heavy atom. The molecule has 0 bridgehead atoms. The van der Waals surface area contributed by atoms with E-state index in [-0.39, 0.29) is 0 Å². The lowest BCUT2D eigenvalue weighted by Gasteiger charge is -2.41. The summed E-state index contributed by atoms with van der Waals surface area (Å²) in [5, 5.41) is 2.33. The van der Waals surface area contributed by atoms with Crippen LogP contribution in [-0.2, 0) is 4.79 Å². The quantitative estimate of drug-likeness (QED) is 0.709. The van der Waals surface area contributed by atoms with Crippen molar-refractivity contribution >= 4 is 5.91 Å². The molecule has 1 heterocycles. The van der Waals surface area contributed by atoms with E-state index >= 15 is 0 Å². The van der Waals surface area contributed by atoms with E-state index in [1.807, 2.05) is 0 Å². The lowest BCUT2D eigenvalue weighted by molar-refractivity contribution is -0.923. The Kier molecular flexibility index (Phi) is 7.60. The lowest BCUT2D eigenvalue weighted by Crippen LogP contribution is -3.16. The molecule has 3 aliphatic rings. The van der Waals surface area contributed by atoms with Gasteiger partial charge in [0.25, 0.3) is 5.91 Å². The van der Waals surface area contributed by atoms with Gasteiger partial charge in [-0.3, -0.25) is 4.79 Å². The molecule has 25 heavy (non-hydrogen) atoms. The van der Waals surface area contributed by atoms with Gasteiger partial charge in [-0.25, -0.2) is 0 Å². The average Bonchev–Trinajstić information content (AvgIpc) is 3.11. The van der Waals surface area contributed by atoms with Crippen LogP contribution in [0.1, 0.15) is 84.0 Å². The molecule has 3 rings (SSSR count). The molecule has 0 spiro atoms. The standard InChI is InChI=1S/C21H39N3O/c1-2-23-15-9-14-20(23)16-22-17-21(25)24(18-10-5-3-6-11-18)19-12-7-4-8-13-19/h18-20,22H,2-17H2,1H3/p+2/t20-/m1/s1. The molecule has 0 aromatic carbocycles. The number of likely N-dealkylation sites (N-methyl/N-ethyl adjacent to an activating group) is 1. The first-order valence-electron chi connectivity index (χ1n) is 11.3. The van der Waals surface area contributed by atoms with Gasteiger partial charge in [0.1, 0.15) is 12.6 Å². The maximum atomic E-state index is 13.2. The van der Waals surface area contributed by atoms with Gasteiger partial charge in [0.15, 0.2) is 6.54 Å². The Morgan fingerprint density at radius 1 is 0.920 bits per heavy atom. The van der Waals surface area contributed by atoms with Crippen molar-refractivity contribution in [2.24, 2.45) is 0 Å². The maximum absolute atomic E-state index is 13.2. The highest BCUT2D eigenvalue weighted by atomic mass is 16.2. The summed E-state index contributed by atoms with van der Waals surface area (Å²) in [7, 11) is 0. The van der Waals surface area contributed by atoms with Crippen LogP contribution in [0.4, 0.5) is 0 Å². The number of hydrogen-bond donors (Lipinski definition) is 2. The van der Waals surface area contributed by atoms with Crippen molar-refractivity contribution in [2.75, 3.05) is 26.2 Å². The Balaban J connectivity index is 1.52. The van der Waals surface area contributed by atoms with Gasteiger partial charge in [0.2, 0.25) is 0 Å². The van der Waals surface area contributed by atoms with Gasteiger partial charge in [0.05, 0.1) is 13.1 Å². The number of likely N-dealkylation sites (tertiary alicyclic amines) is 1. The summed E-state index contributed by atoms with van der Waals surface area (Å²) in [6, 6.07) is 1.86. The molecule has 1 unspecified atom stereocenters. The normalized spacial score (nSPS) is 29.0. The Hall–Kier alpha value is -0.610. The van der Waals surface area contributed by atoms with Crippen LogP contribution in [0.25, 0.3) is 0 Å². The SMILES string of the molecule is CC[NH+]1CCC[C@@H]1C[NH2+]CC(=O)N(C1CCCCC1)C1CCCCC1. The van der Waals surface area contributed by atoms with Crippen LogP contribution in [0.15, 0.2) is 0 Å².